The molecule has 6 heteroatoms. The Balaban J connectivity index is 4.22. The first-order chi connectivity index (χ1) is 24.8. The molecule has 51 heavy (non-hydrogen) atoms. The number of hydrogen-bond donors (Lipinski definition) is 0. The van der Waals surface area contributed by atoms with Crippen molar-refractivity contribution in [3.05, 3.63) is 0 Å². The maximum Gasteiger partial charge on any atom is 0.306 e. The Hall–Kier alpha value is -1.59. The Morgan fingerprint density at radius 1 is 0.412 bits per heavy atom. The highest BCUT2D eigenvalue weighted by molar-refractivity contribution is 5.71. The molecule has 0 N–H and O–H groups in total. The highest BCUT2D eigenvalue weighted by Gasteiger charge is 2.19. The molecule has 0 spiro atoms. The lowest BCUT2D eigenvalue weighted by Gasteiger charge is -2.18. The summed E-state index contributed by atoms with van der Waals surface area (Å²) in [7, 11) is 0. The van der Waals surface area contributed by atoms with E-state index in [1.807, 2.05) is 0 Å². The Morgan fingerprint density at radius 2 is 0.745 bits per heavy atom. The predicted octanol–water partition coefficient (Wildman–Crippen LogP) is 13.8. The van der Waals surface area contributed by atoms with Crippen molar-refractivity contribution in [2.24, 2.45) is 11.8 Å². The summed E-state index contributed by atoms with van der Waals surface area (Å²) in [6.45, 7) is 11.3. The van der Waals surface area contributed by atoms with Crippen molar-refractivity contribution in [1.29, 1.82) is 0 Å². The summed E-state index contributed by atoms with van der Waals surface area (Å²) in [4.78, 5) is 37.5. The average Bonchev–Trinajstić information content (AvgIpc) is 3.11. The van der Waals surface area contributed by atoms with Crippen molar-refractivity contribution in [2.75, 3.05) is 13.2 Å². The van der Waals surface area contributed by atoms with E-state index in [4.69, 9.17) is 14.2 Å². The van der Waals surface area contributed by atoms with Crippen molar-refractivity contribution >= 4 is 17.9 Å². The fourth-order valence-corrected chi connectivity index (χ4v) is 6.54. The third kappa shape index (κ3) is 38.0. The van der Waals surface area contributed by atoms with Gasteiger partial charge < -0.3 is 14.2 Å². The van der Waals surface area contributed by atoms with Gasteiger partial charge in [-0.3, -0.25) is 14.4 Å². The molecular weight excluding hydrogens is 636 g/mol. The van der Waals surface area contributed by atoms with Crippen LogP contribution in [0.2, 0.25) is 0 Å². The van der Waals surface area contributed by atoms with Crippen molar-refractivity contribution in [3.63, 3.8) is 0 Å². The molecule has 0 fully saturated rings. The predicted molar refractivity (Wildman–Crippen MR) is 215 cm³/mol. The maximum atomic E-state index is 12.6. The van der Waals surface area contributed by atoms with Gasteiger partial charge in [0.1, 0.15) is 13.2 Å². The monoisotopic (exact) mass is 723 g/mol. The van der Waals surface area contributed by atoms with Gasteiger partial charge in [-0.1, -0.05) is 202 Å². The second-order valence-electron chi connectivity index (χ2n) is 16.1. The van der Waals surface area contributed by atoms with Crippen LogP contribution < -0.4 is 0 Å². The largest absolute Gasteiger partial charge is 0.462 e. The van der Waals surface area contributed by atoms with Crippen LogP contribution in [0.25, 0.3) is 0 Å². The summed E-state index contributed by atoms with van der Waals surface area (Å²) in [6.07, 6.45) is 35.3. The Kier molecular flexibility index (Phi) is 37.0. The number of esters is 3. The fraction of sp³-hybridized carbons (Fsp3) is 0.933. The maximum absolute atomic E-state index is 12.6. The molecule has 0 aliphatic rings. The number of rotatable bonds is 39. The summed E-state index contributed by atoms with van der Waals surface area (Å²) >= 11 is 0. The van der Waals surface area contributed by atoms with Crippen LogP contribution in [0.3, 0.4) is 0 Å². The highest BCUT2D eigenvalue weighted by Crippen LogP contribution is 2.17. The molecule has 0 amide bonds. The molecule has 1 unspecified atom stereocenters. The van der Waals surface area contributed by atoms with Crippen LogP contribution in [0, 0.1) is 11.8 Å². The molecule has 0 saturated heterocycles. The van der Waals surface area contributed by atoms with Gasteiger partial charge >= 0.3 is 17.9 Å². The molecule has 0 bridgehead atoms. The SMILES string of the molecule is CCCCCCCCCC(=O)O[C@@H](COC(=O)CCCCCCCCCCCCCCCC(C)C)COC(=O)CCCCCCCCC(C)CC. The molecule has 0 aromatic rings. The van der Waals surface area contributed by atoms with Crippen molar-refractivity contribution in [1.82, 2.24) is 0 Å². The molecule has 0 saturated carbocycles. The Labute approximate surface area is 317 Å². The van der Waals surface area contributed by atoms with Crippen LogP contribution in [0.1, 0.15) is 240 Å². The first-order valence-electron chi connectivity index (χ1n) is 22.3. The van der Waals surface area contributed by atoms with E-state index in [2.05, 4.69) is 34.6 Å². The van der Waals surface area contributed by atoms with E-state index in [1.165, 1.54) is 128 Å². The number of unbranched alkanes of at least 4 members (excludes halogenated alkanes) is 23. The number of ether oxygens (including phenoxy) is 3. The topological polar surface area (TPSA) is 78.9 Å². The van der Waals surface area contributed by atoms with Crippen molar-refractivity contribution in [3.8, 4) is 0 Å². The second kappa shape index (κ2) is 38.1. The van der Waals surface area contributed by atoms with Crippen LogP contribution in [0.5, 0.6) is 0 Å². The van der Waals surface area contributed by atoms with Gasteiger partial charge in [0.05, 0.1) is 0 Å². The quantitative estimate of drug-likeness (QED) is 0.0357. The average molecular weight is 723 g/mol. The minimum Gasteiger partial charge on any atom is -0.462 e. The number of hydrogen-bond acceptors (Lipinski definition) is 6. The summed E-state index contributed by atoms with van der Waals surface area (Å²) in [5.74, 6) is 0.786. The van der Waals surface area contributed by atoms with Gasteiger partial charge in [-0.25, -0.2) is 0 Å². The lowest BCUT2D eigenvalue weighted by atomic mass is 10.00. The van der Waals surface area contributed by atoms with E-state index in [0.717, 1.165) is 69.6 Å². The number of carbonyl (C=O) groups excluding carboxylic acids is 3. The number of carbonyl (C=O) groups is 3. The molecule has 0 rings (SSSR count). The zero-order valence-electron chi connectivity index (χ0n) is 34.7. The van der Waals surface area contributed by atoms with Crippen molar-refractivity contribution < 1.29 is 28.6 Å². The van der Waals surface area contributed by atoms with Crippen LogP contribution in [0.15, 0.2) is 0 Å². The molecule has 0 heterocycles. The third-order valence-corrected chi connectivity index (χ3v) is 10.3. The molecule has 0 radical (unpaired) electrons. The molecule has 0 aliphatic carbocycles. The molecule has 0 aromatic carbocycles. The van der Waals surface area contributed by atoms with Gasteiger partial charge in [0, 0.05) is 19.3 Å². The molecule has 6 nitrogen and oxygen atoms in total. The molecule has 0 aromatic heterocycles. The lowest BCUT2D eigenvalue weighted by Crippen LogP contribution is -2.30. The van der Waals surface area contributed by atoms with Gasteiger partial charge in [0.2, 0.25) is 0 Å². The third-order valence-electron chi connectivity index (χ3n) is 10.3. The first-order valence-corrected chi connectivity index (χ1v) is 22.3. The summed E-state index contributed by atoms with van der Waals surface area (Å²) < 4.78 is 16.6. The van der Waals surface area contributed by atoms with Gasteiger partial charge in [-0.2, -0.15) is 0 Å². The van der Waals surface area contributed by atoms with Crippen LogP contribution in [0.4, 0.5) is 0 Å². The van der Waals surface area contributed by atoms with Crippen molar-refractivity contribution in [2.45, 2.75) is 246 Å². The fourth-order valence-electron chi connectivity index (χ4n) is 6.54. The molecule has 302 valence electrons. The smallest absolute Gasteiger partial charge is 0.306 e. The first kappa shape index (κ1) is 49.4. The normalized spacial score (nSPS) is 12.6. The molecule has 2 atom stereocenters. The van der Waals surface area contributed by atoms with Gasteiger partial charge in [-0.05, 0) is 31.1 Å². The van der Waals surface area contributed by atoms with E-state index in [1.54, 1.807) is 0 Å². The Morgan fingerprint density at radius 3 is 1.12 bits per heavy atom. The van der Waals surface area contributed by atoms with E-state index in [-0.39, 0.29) is 31.1 Å². The summed E-state index contributed by atoms with van der Waals surface area (Å²) in [6, 6.07) is 0. The van der Waals surface area contributed by atoms with Gasteiger partial charge in [0.25, 0.3) is 0 Å². The zero-order valence-corrected chi connectivity index (χ0v) is 34.7. The summed E-state index contributed by atoms with van der Waals surface area (Å²) in [5, 5.41) is 0. The zero-order chi connectivity index (χ0) is 37.6. The van der Waals surface area contributed by atoms with E-state index in [0.29, 0.717) is 19.3 Å². The molecular formula is C45H86O6. The minimum absolute atomic E-state index is 0.0660. The lowest BCUT2D eigenvalue weighted by molar-refractivity contribution is -0.167. The van der Waals surface area contributed by atoms with Crippen LogP contribution in [-0.2, 0) is 28.6 Å². The Bertz CT molecular complexity index is 781. The standard InChI is InChI=1S/C45H86O6/c1-6-8-9-10-18-27-32-37-45(48)51-42(39-50-44(47)36-31-26-22-21-24-29-34-41(5)7-2)38-49-43(46)35-30-25-20-17-15-13-11-12-14-16-19-23-28-33-40(3)4/h40-42H,6-39H2,1-5H3/t41?,42-/m0/s1. The highest BCUT2D eigenvalue weighted by atomic mass is 16.6. The van der Waals surface area contributed by atoms with Gasteiger partial charge in [0.15, 0.2) is 6.10 Å². The minimum atomic E-state index is -0.759. The van der Waals surface area contributed by atoms with Gasteiger partial charge in [-0.15, -0.1) is 0 Å². The molecule has 0 aliphatic heterocycles. The van der Waals surface area contributed by atoms with Crippen LogP contribution in [-0.4, -0.2) is 37.2 Å². The van der Waals surface area contributed by atoms with E-state index >= 15 is 0 Å². The van der Waals surface area contributed by atoms with Crippen LogP contribution >= 0.6 is 0 Å². The summed E-state index contributed by atoms with van der Waals surface area (Å²) in [5.41, 5.74) is 0. The second-order valence-corrected chi connectivity index (χ2v) is 16.1. The van der Waals surface area contributed by atoms with E-state index in [9.17, 15) is 14.4 Å². The van der Waals surface area contributed by atoms with E-state index < -0.39 is 6.10 Å².